The second-order valence-electron chi connectivity index (χ2n) is 5.25. The molecule has 21 heavy (non-hydrogen) atoms. The predicted octanol–water partition coefficient (Wildman–Crippen LogP) is 1.88. The summed E-state index contributed by atoms with van der Waals surface area (Å²) in [6.45, 7) is 3.35. The van der Waals surface area contributed by atoms with Gasteiger partial charge in [-0.2, -0.15) is 4.98 Å². The maximum atomic E-state index is 12.3. The predicted molar refractivity (Wildman–Crippen MR) is 78.3 cm³/mol. The highest BCUT2D eigenvalue weighted by Crippen LogP contribution is 2.25. The van der Waals surface area contributed by atoms with E-state index in [9.17, 15) is 4.79 Å². The third-order valence-corrected chi connectivity index (χ3v) is 3.76. The van der Waals surface area contributed by atoms with Gasteiger partial charge in [-0.15, -0.1) is 5.10 Å². The van der Waals surface area contributed by atoms with Crippen molar-refractivity contribution < 1.29 is 9.53 Å². The van der Waals surface area contributed by atoms with Gasteiger partial charge in [0.2, 0.25) is 5.95 Å². The molecule has 0 saturated carbocycles. The Morgan fingerprint density at radius 1 is 1.48 bits per heavy atom. The molecule has 2 aromatic rings. The number of nitrogens with one attached hydrogen (secondary N) is 1. The van der Waals surface area contributed by atoms with Crippen molar-refractivity contribution >= 4 is 11.9 Å². The van der Waals surface area contributed by atoms with Crippen LogP contribution in [-0.4, -0.2) is 33.9 Å². The van der Waals surface area contributed by atoms with Crippen molar-refractivity contribution in [1.82, 2.24) is 14.8 Å². The smallest absolute Gasteiger partial charge is 0.258 e. The Bertz CT molecular complexity index is 640. The molecule has 1 fully saturated rings. The van der Waals surface area contributed by atoms with Gasteiger partial charge >= 0.3 is 0 Å². The first kappa shape index (κ1) is 13.8. The van der Waals surface area contributed by atoms with Crippen LogP contribution >= 0.6 is 0 Å². The number of carbonyl (C=O) groups excluding carboxylic acids is 1. The van der Waals surface area contributed by atoms with Gasteiger partial charge in [-0.05, 0) is 31.0 Å². The molecule has 0 bridgehead atoms. The van der Waals surface area contributed by atoms with Crippen LogP contribution in [0.25, 0.3) is 0 Å². The third-order valence-electron chi connectivity index (χ3n) is 3.76. The number of hydrogen-bond acceptors (Lipinski definition) is 4. The normalized spacial score (nSPS) is 17.9. The molecule has 1 amide bonds. The molecule has 1 atom stereocenters. The summed E-state index contributed by atoms with van der Waals surface area (Å²) in [5.41, 5.74) is 1.76. The fourth-order valence-electron chi connectivity index (χ4n) is 2.42. The largest absolute Gasteiger partial charge is 0.381 e. The summed E-state index contributed by atoms with van der Waals surface area (Å²) in [6.07, 6.45) is 1.01. The molecule has 1 aromatic carbocycles. The van der Waals surface area contributed by atoms with Crippen molar-refractivity contribution in [2.75, 3.05) is 18.5 Å². The number of aryl methyl sites for hydroxylation is 2. The highest BCUT2D eigenvalue weighted by Gasteiger charge is 2.19. The Balaban J connectivity index is 1.76. The van der Waals surface area contributed by atoms with Gasteiger partial charge in [0.1, 0.15) is 5.82 Å². The van der Waals surface area contributed by atoms with Gasteiger partial charge in [-0.1, -0.05) is 12.1 Å². The van der Waals surface area contributed by atoms with Gasteiger partial charge in [0.05, 0.1) is 6.61 Å². The van der Waals surface area contributed by atoms with E-state index in [-0.39, 0.29) is 5.91 Å². The van der Waals surface area contributed by atoms with Gasteiger partial charge < -0.3 is 4.74 Å². The summed E-state index contributed by atoms with van der Waals surface area (Å²) >= 11 is 0. The highest BCUT2D eigenvalue weighted by molar-refractivity contribution is 6.03. The van der Waals surface area contributed by atoms with Crippen molar-refractivity contribution in [3.63, 3.8) is 0 Å². The number of nitrogens with zero attached hydrogens (tertiary/aromatic N) is 3. The number of carbonyl (C=O) groups is 1. The molecular weight excluding hydrogens is 268 g/mol. The van der Waals surface area contributed by atoms with E-state index in [4.69, 9.17) is 4.74 Å². The molecule has 1 aliphatic rings. The SMILES string of the molecule is Cc1nc(NC(=O)c2cccc(C3CCOC3)c2)nn1C. The summed E-state index contributed by atoms with van der Waals surface area (Å²) in [6, 6.07) is 7.66. The second-order valence-corrected chi connectivity index (χ2v) is 5.25. The van der Waals surface area contributed by atoms with Gasteiger partial charge in [-0.25, -0.2) is 0 Å². The van der Waals surface area contributed by atoms with Crippen LogP contribution < -0.4 is 5.32 Å². The first-order valence-electron chi connectivity index (χ1n) is 7.00. The maximum absolute atomic E-state index is 12.3. The van der Waals surface area contributed by atoms with Crippen LogP contribution in [0.2, 0.25) is 0 Å². The first-order valence-corrected chi connectivity index (χ1v) is 7.00. The molecule has 1 aromatic heterocycles. The Morgan fingerprint density at radius 3 is 3.00 bits per heavy atom. The molecule has 3 rings (SSSR count). The topological polar surface area (TPSA) is 69.0 Å². The Kier molecular flexibility index (Phi) is 3.70. The highest BCUT2D eigenvalue weighted by atomic mass is 16.5. The number of anilines is 1. The number of rotatable bonds is 3. The van der Waals surface area contributed by atoms with E-state index in [0.29, 0.717) is 17.4 Å². The summed E-state index contributed by atoms with van der Waals surface area (Å²) in [7, 11) is 1.79. The third kappa shape index (κ3) is 2.95. The lowest BCUT2D eigenvalue weighted by Gasteiger charge is -2.09. The maximum Gasteiger partial charge on any atom is 0.258 e. The number of amides is 1. The molecule has 1 aliphatic heterocycles. The van der Waals surface area contributed by atoms with E-state index in [0.717, 1.165) is 31.0 Å². The minimum absolute atomic E-state index is 0.193. The van der Waals surface area contributed by atoms with Gasteiger partial charge in [0.15, 0.2) is 0 Å². The van der Waals surface area contributed by atoms with Gasteiger partial charge in [0.25, 0.3) is 5.91 Å². The lowest BCUT2D eigenvalue weighted by molar-refractivity contribution is 0.102. The zero-order valence-corrected chi connectivity index (χ0v) is 12.2. The zero-order chi connectivity index (χ0) is 14.8. The van der Waals surface area contributed by atoms with E-state index in [1.54, 1.807) is 17.8 Å². The molecule has 6 nitrogen and oxygen atoms in total. The van der Waals surface area contributed by atoms with E-state index >= 15 is 0 Å². The quantitative estimate of drug-likeness (QED) is 0.935. The molecule has 1 saturated heterocycles. The van der Waals surface area contributed by atoms with Crippen molar-refractivity contribution in [1.29, 1.82) is 0 Å². The average molecular weight is 286 g/mol. The molecule has 1 N–H and O–H groups in total. The van der Waals surface area contributed by atoms with Crippen molar-refractivity contribution in [3.8, 4) is 0 Å². The molecular formula is C15H18N4O2. The molecule has 1 unspecified atom stereocenters. The van der Waals surface area contributed by atoms with Crippen LogP contribution in [0, 0.1) is 6.92 Å². The van der Waals surface area contributed by atoms with Crippen molar-refractivity contribution in [3.05, 3.63) is 41.2 Å². The van der Waals surface area contributed by atoms with Crippen molar-refractivity contribution in [2.45, 2.75) is 19.3 Å². The molecule has 2 heterocycles. The minimum Gasteiger partial charge on any atom is -0.381 e. The number of ether oxygens (including phenoxy) is 1. The average Bonchev–Trinajstić information content (AvgIpc) is 3.10. The van der Waals surface area contributed by atoms with Crippen LogP contribution in [0.1, 0.15) is 34.1 Å². The first-order chi connectivity index (χ1) is 10.1. The number of benzene rings is 1. The fraction of sp³-hybridized carbons (Fsp3) is 0.400. The Labute approximate surface area is 123 Å². The minimum atomic E-state index is -0.193. The standard InChI is InChI=1S/C15H18N4O2/c1-10-16-15(18-19(10)2)17-14(20)12-5-3-4-11(8-12)13-6-7-21-9-13/h3-5,8,13H,6-7,9H2,1-2H3,(H,17,18,20). The summed E-state index contributed by atoms with van der Waals surface area (Å²) < 4.78 is 7.03. The van der Waals surface area contributed by atoms with E-state index < -0.39 is 0 Å². The lowest BCUT2D eigenvalue weighted by atomic mass is 9.96. The summed E-state index contributed by atoms with van der Waals surface area (Å²) in [4.78, 5) is 16.4. The number of aromatic nitrogens is 3. The van der Waals surface area contributed by atoms with Crippen LogP contribution in [0.3, 0.4) is 0 Å². The molecule has 6 heteroatoms. The lowest BCUT2D eigenvalue weighted by Crippen LogP contribution is -2.14. The summed E-state index contributed by atoms with van der Waals surface area (Å²) in [5, 5.41) is 6.85. The fourth-order valence-corrected chi connectivity index (χ4v) is 2.42. The zero-order valence-electron chi connectivity index (χ0n) is 12.2. The summed E-state index contributed by atoms with van der Waals surface area (Å²) in [5.74, 6) is 1.27. The Hall–Kier alpha value is -2.21. The van der Waals surface area contributed by atoms with Gasteiger partial charge in [0, 0.05) is 25.1 Å². The molecule has 0 radical (unpaired) electrons. The molecule has 0 aliphatic carbocycles. The van der Waals surface area contributed by atoms with Crippen LogP contribution in [0.5, 0.6) is 0 Å². The van der Waals surface area contributed by atoms with Gasteiger partial charge in [-0.3, -0.25) is 14.8 Å². The van der Waals surface area contributed by atoms with Crippen LogP contribution in [-0.2, 0) is 11.8 Å². The molecule has 0 spiro atoms. The van der Waals surface area contributed by atoms with E-state index in [1.165, 1.54) is 0 Å². The second kappa shape index (κ2) is 5.65. The monoisotopic (exact) mass is 286 g/mol. The van der Waals surface area contributed by atoms with Crippen molar-refractivity contribution in [2.24, 2.45) is 7.05 Å². The Morgan fingerprint density at radius 2 is 2.33 bits per heavy atom. The van der Waals surface area contributed by atoms with Crippen LogP contribution in [0.15, 0.2) is 24.3 Å². The van der Waals surface area contributed by atoms with Crippen LogP contribution in [0.4, 0.5) is 5.95 Å². The number of hydrogen-bond donors (Lipinski definition) is 1. The van der Waals surface area contributed by atoms with E-state index in [2.05, 4.69) is 15.4 Å². The van der Waals surface area contributed by atoms with E-state index in [1.807, 2.05) is 25.1 Å². The molecule has 110 valence electrons.